The summed E-state index contributed by atoms with van der Waals surface area (Å²) in [5.41, 5.74) is 2.02. The Morgan fingerprint density at radius 2 is 1.86 bits per heavy atom. The van der Waals surface area contributed by atoms with Crippen LogP contribution in [0.2, 0.25) is 0 Å². The van der Waals surface area contributed by atoms with Gasteiger partial charge in [-0.25, -0.2) is 9.78 Å². The molecule has 1 aromatic rings. The summed E-state index contributed by atoms with van der Waals surface area (Å²) in [7, 11) is 0. The van der Waals surface area contributed by atoms with Crippen molar-refractivity contribution >= 4 is 28.5 Å². The van der Waals surface area contributed by atoms with Crippen molar-refractivity contribution in [1.29, 1.82) is 0 Å². The molecule has 3 rings (SSSR count). The van der Waals surface area contributed by atoms with Gasteiger partial charge in [0.1, 0.15) is 10.5 Å². The Balaban J connectivity index is 1.51. The first-order valence-corrected chi connectivity index (χ1v) is 10.6. The number of hydrogen-bond acceptors (Lipinski definition) is 6. The molecule has 154 valence electrons. The summed E-state index contributed by atoms with van der Waals surface area (Å²) in [5.74, 6) is 0.510. The first-order valence-electron chi connectivity index (χ1n) is 9.79. The molecule has 3 heterocycles. The Kier molecular flexibility index (Phi) is 5.98. The SMILES string of the molecule is CC(C)CCNC(=O)c1cnc(N2CC3=C(CN(C(=O)OC(C)(C)C)C3)C2)s1. The van der Waals surface area contributed by atoms with Gasteiger partial charge in [0.25, 0.3) is 5.91 Å². The minimum absolute atomic E-state index is 0.0554. The second-order valence-corrected chi connectivity index (χ2v) is 9.85. The molecule has 0 unspecified atom stereocenters. The highest BCUT2D eigenvalue weighted by Gasteiger charge is 2.35. The van der Waals surface area contributed by atoms with Gasteiger partial charge in [-0.3, -0.25) is 4.79 Å². The molecule has 0 atom stereocenters. The standard InChI is InChI=1S/C20H30N4O3S/c1-13(2)6-7-21-17(25)16-8-22-18(28-16)23-9-14-11-24(12-15(14)10-23)19(26)27-20(3,4)5/h8,13H,6-7,9-12H2,1-5H3,(H,21,25). The van der Waals surface area contributed by atoms with E-state index >= 15 is 0 Å². The number of hydrogen-bond donors (Lipinski definition) is 1. The maximum Gasteiger partial charge on any atom is 0.410 e. The number of ether oxygens (including phenoxy) is 1. The van der Waals surface area contributed by atoms with E-state index in [1.54, 1.807) is 11.1 Å². The first-order chi connectivity index (χ1) is 13.1. The number of rotatable bonds is 5. The molecule has 8 heteroatoms. The maximum absolute atomic E-state index is 12.3. The molecule has 1 aromatic heterocycles. The Morgan fingerprint density at radius 1 is 1.21 bits per heavy atom. The zero-order valence-electron chi connectivity index (χ0n) is 17.4. The number of nitrogens with one attached hydrogen (secondary N) is 1. The lowest BCUT2D eigenvalue weighted by Gasteiger charge is -2.26. The van der Waals surface area contributed by atoms with Crippen LogP contribution in [0.1, 0.15) is 50.7 Å². The quantitative estimate of drug-likeness (QED) is 0.760. The van der Waals surface area contributed by atoms with Crippen molar-refractivity contribution in [2.24, 2.45) is 5.92 Å². The summed E-state index contributed by atoms with van der Waals surface area (Å²) < 4.78 is 5.47. The Bertz CT molecular complexity index is 761. The van der Waals surface area contributed by atoms with Crippen LogP contribution in [0.15, 0.2) is 17.3 Å². The summed E-state index contributed by atoms with van der Waals surface area (Å²) in [5, 5.41) is 3.81. The summed E-state index contributed by atoms with van der Waals surface area (Å²) >= 11 is 1.42. The largest absolute Gasteiger partial charge is 0.444 e. The van der Waals surface area contributed by atoms with Crippen LogP contribution in [-0.2, 0) is 4.74 Å². The average Bonchev–Trinajstić information content (AvgIpc) is 3.26. The summed E-state index contributed by atoms with van der Waals surface area (Å²) in [6.07, 6.45) is 2.36. The predicted octanol–water partition coefficient (Wildman–Crippen LogP) is 3.29. The van der Waals surface area contributed by atoms with Gasteiger partial charge in [0.2, 0.25) is 0 Å². The molecule has 2 aliphatic heterocycles. The molecule has 0 aliphatic carbocycles. The van der Waals surface area contributed by atoms with Crippen LogP contribution in [0, 0.1) is 5.92 Å². The molecule has 0 radical (unpaired) electrons. The molecule has 2 aliphatic rings. The fraction of sp³-hybridized carbons (Fsp3) is 0.650. The Labute approximate surface area is 170 Å². The van der Waals surface area contributed by atoms with Crippen LogP contribution in [0.4, 0.5) is 9.93 Å². The van der Waals surface area contributed by atoms with E-state index < -0.39 is 5.60 Å². The highest BCUT2D eigenvalue weighted by molar-refractivity contribution is 7.17. The lowest BCUT2D eigenvalue weighted by molar-refractivity contribution is 0.0297. The number of carbonyl (C=O) groups is 2. The fourth-order valence-corrected chi connectivity index (χ4v) is 4.08. The number of amides is 2. The average molecular weight is 407 g/mol. The molecule has 1 N–H and O–H groups in total. The van der Waals surface area contributed by atoms with E-state index in [-0.39, 0.29) is 12.0 Å². The Morgan fingerprint density at radius 3 is 2.43 bits per heavy atom. The van der Waals surface area contributed by atoms with Gasteiger partial charge < -0.3 is 19.9 Å². The van der Waals surface area contributed by atoms with Gasteiger partial charge >= 0.3 is 6.09 Å². The van der Waals surface area contributed by atoms with Crippen molar-refractivity contribution in [3.8, 4) is 0 Å². The van der Waals surface area contributed by atoms with E-state index in [9.17, 15) is 9.59 Å². The van der Waals surface area contributed by atoms with E-state index in [4.69, 9.17) is 4.74 Å². The molecule has 0 saturated heterocycles. The number of anilines is 1. The Hall–Kier alpha value is -2.09. The smallest absolute Gasteiger partial charge is 0.410 e. The zero-order valence-corrected chi connectivity index (χ0v) is 18.2. The van der Waals surface area contributed by atoms with Crippen LogP contribution in [0.3, 0.4) is 0 Å². The maximum atomic E-state index is 12.3. The van der Waals surface area contributed by atoms with Crippen molar-refractivity contribution in [2.45, 2.75) is 46.6 Å². The molecule has 2 amide bonds. The number of aromatic nitrogens is 1. The van der Waals surface area contributed by atoms with Crippen molar-refractivity contribution in [3.05, 3.63) is 22.2 Å². The normalized spacial score (nSPS) is 16.8. The molecular formula is C20H30N4O3S. The summed E-state index contributed by atoms with van der Waals surface area (Å²) in [6.45, 7) is 13.3. The van der Waals surface area contributed by atoms with E-state index in [0.717, 1.165) is 24.6 Å². The van der Waals surface area contributed by atoms with Crippen molar-refractivity contribution in [2.75, 3.05) is 37.6 Å². The van der Waals surface area contributed by atoms with Gasteiger partial charge in [-0.15, -0.1) is 0 Å². The van der Waals surface area contributed by atoms with Gasteiger partial charge in [-0.05, 0) is 44.3 Å². The van der Waals surface area contributed by atoms with Crippen molar-refractivity contribution < 1.29 is 14.3 Å². The molecule has 0 fully saturated rings. The lowest BCUT2D eigenvalue weighted by Crippen LogP contribution is -2.38. The van der Waals surface area contributed by atoms with E-state index in [1.165, 1.54) is 22.5 Å². The third kappa shape index (κ3) is 5.04. The molecule has 0 bridgehead atoms. The van der Waals surface area contributed by atoms with Gasteiger partial charge in [0, 0.05) is 32.7 Å². The van der Waals surface area contributed by atoms with Crippen LogP contribution >= 0.6 is 11.3 Å². The molecule has 7 nitrogen and oxygen atoms in total. The highest BCUT2D eigenvalue weighted by atomic mass is 32.1. The van der Waals surface area contributed by atoms with Crippen LogP contribution in [0.5, 0.6) is 0 Å². The van der Waals surface area contributed by atoms with E-state index in [1.807, 2.05) is 20.8 Å². The minimum atomic E-state index is -0.483. The van der Waals surface area contributed by atoms with Crippen LogP contribution in [-0.4, -0.2) is 60.2 Å². The van der Waals surface area contributed by atoms with Gasteiger partial charge in [0.15, 0.2) is 5.13 Å². The summed E-state index contributed by atoms with van der Waals surface area (Å²) in [4.78, 5) is 33.5. The minimum Gasteiger partial charge on any atom is -0.444 e. The lowest BCUT2D eigenvalue weighted by atomic mass is 10.1. The number of nitrogens with zero attached hydrogens (tertiary/aromatic N) is 3. The van der Waals surface area contributed by atoms with Crippen LogP contribution in [0.25, 0.3) is 0 Å². The topological polar surface area (TPSA) is 74.8 Å². The van der Waals surface area contributed by atoms with Gasteiger partial charge in [0.05, 0.1) is 6.20 Å². The second-order valence-electron chi connectivity index (χ2n) is 8.85. The number of thiazole rings is 1. The third-order valence-electron chi connectivity index (χ3n) is 4.67. The molecule has 28 heavy (non-hydrogen) atoms. The summed E-state index contributed by atoms with van der Waals surface area (Å²) in [6, 6.07) is 0. The predicted molar refractivity (Wildman–Crippen MR) is 111 cm³/mol. The van der Waals surface area contributed by atoms with Gasteiger partial charge in [-0.2, -0.15) is 0 Å². The number of carbonyl (C=O) groups excluding carboxylic acids is 2. The van der Waals surface area contributed by atoms with E-state index in [0.29, 0.717) is 30.4 Å². The first kappa shape index (κ1) is 20.6. The van der Waals surface area contributed by atoms with Crippen molar-refractivity contribution in [1.82, 2.24) is 15.2 Å². The zero-order chi connectivity index (χ0) is 20.5. The second kappa shape index (κ2) is 8.11. The molecule has 0 saturated carbocycles. The fourth-order valence-electron chi connectivity index (χ4n) is 3.25. The third-order valence-corrected chi connectivity index (χ3v) is 5.73. The molecule has 0 aromatic carbocycles. The van der Waals surface area contributed by atoms with Gasteiger partial charge in [-0.1, -0.05) is 25.2 Å². The van der Waals surface area contributed by atoms with E-state index in [2.05, 4.69) is 29.0 Å². The van der Waals surface area contributed by atoms with Crippen LogP contribution < -0.4 is 10.2 Å². The monoisotopic (exact) mass is 406 g/mol. The highest BCUT2D eigenvalue weighted by Crippen LogP contribution is 2.32. The molecular weight excluding hydrogens is 376 g/mol. The molecule has 0 spiro atoms. The van der Waals surface area contributed by atoms with Crippen molar-refractivity contribution in [3.63, 3.8) is 0 Å².